The van der Waals surface area contributed by atoms with Crippen LogP contribution >= 0.6 is 33.9 Å². The van der Waals surface area contributed by atoms with E-state index in [9.17, 15) is 0 Å². The Morgan fingerprint density at radius 2 is 2.44 bits per heavy atom. The van der Waals surface area contributed by atoms with Gasteiger partial charge in [-0.15, -0.1) is 11.3 Å². The number of thiophene rings is 1. The van der Waals surface area contributed by atoms with E-state index in [-0.39, 0.29) is 0 Å². The highest BCUT2D eigenvalue weighted by molar-refractivity contribution is 14.1. The van der Waals surface area contributed by atoms with Crippen LogP contribution in [0.25, 0.3) is 0 Å². The summed E-state index contributed by atoms with van der Waals surface area (Å²) in [5.41, 5.74) is 0.810. The zero-order valence-corrected chi connectivity index (χ0v) is 7.78. The summed E-state index contributed by atoms with van der Waals surface area (Å²) in [6.45, 7) is 1.96. The molecule has 0 fully saturated rings. The first kappa shape index (κ1) is 7.03. The summed E-state index contributed by atoms with van der Waals surface area (Å²) in [4.78, 5) is 1.11. The predicted molar refractivity (Wildman–Crippen MR) is 46.5 cm³/mol. The maximum Gasteiger partial charge on any atom is 0.100 e. The van der Waals surface area contributed by atoms with Crippen molar-refractivity contribution in [3.8, 4) is 6.07 Å². The molecule has 1 nitrogen and oxygen atoms in total. The molecule has 0 aromatic carbocycles. The fourth-order valence-corrected chi connectivity index (χ4v) is 2.54. The highest BCUT2D eigenvalue weighted by atomic mass is 127. The van der Waals surface area contributed by atoms with Gasteiger partial charge in [0.15, 0.2) is 0 Å². The van der Waals surface area contributed by atoms with E-state index < -0.39 is 0 Å². The Labute approximate surface area is 71.5 Å². The van der Waals surface area contributed by atoms with Crippen LogP contribution in [0.4, 0.5) is 0 Å². The Hall–Kier alpha value is -0.0800. The molecule has 9 heavy (non-hydrogen) atoms. The SMILES string of the molecule is Cc1sc(I)cc1C#N. The van der Waals surface area contributed by atoms with E-state index in [1.165, 1.54) is 2.88 Å². The van der Waals surface area contributed by atoms with E-state index in [0.29, 0.717) is 0 Å². The molecular formula is C6H4INS. The third-order valence-corrected chi connectivity index (χ3v) is 2.82. The number of rotatable bonds is 0. The molecule has 1 aromatic heterocycles. The van der Waals surface area contributed by atoms with Crippen LogP contribution < -0.4 is 0 Å². The molecular weight excluding hydrogens is 245 g/mol. The summed E-state index contributed by atoms with van der Waals surface area (Å²) in [6, 6.07) is 4.03. The van der Waals surface area contributed by atoms with Crippen molar-refractivity contribution in [2.45, 2.75) is 6.92 Å². The molecule has 0 aliphatic rings. The summed E-state index contributed by atoms with van der Waals surface area (Å²) in [7, 11) is 0. The van der Waals surface area contributed by atoms with Gasteiger partial charge in [-0.05, 0) is 35.6 Å². The molecule has 0 radical (unpaired) electrons. The van der Waals surface area contributed by atoms with Crippen molar-refractivity contribution in [1.82, 2.24) is 0 Å². The van der Waals surface area contributed by atoms with Crippen molar-refractivity contribution in [2.75, 3.05) is 0 Å². The molecule has 0 saturated carbocycles. The van der Waals surface area contributed by atoms with Crippen LogP contribution in [0, 0.1) is 21.1 Å². The van der Waals surface area contributed by atoms with E-state index in [1.54, 1.807) is 11.3 Å². The van der Waals surface area contributed by atoms with Crippen LogP contribution in [-0.2, 0) is 0 Å². The fourth-order valence-electron chi connectivity index (χ4n) is 0.557. The summed E-state index contributed by atoms with van der Waals surface area (Å²) in [6.07, 6.45) is 0. The maximum atomic E-state index is 8.49. The summed E-state index contributed by atoms with van der Waals surface area (Å²) >= 11 is 3.87. The Balaban J connectivity index is 3.20. The third-order valence-electron chi connectivity index (χ3n) is 1.01. The second-order valence-corrected chi connectivity index (χ2v) is 4.78. The van der Waals surface area contributed by atoms with Crippen LogP contribution in [0.15, 0.2) is 6.07 Å². The monoisotopic (exact) mass is 249 g/mol. The number of halogens is 1. The average molecular weight is 249 g/mol. The van der Waals surface area contributed by atoms with Crippen LogP contribution in [0.5, 0.6) is 0 Å². The summed E-state index contributed by atoms with van der Waals surface area (Å²) in [5, 5.41) is 8.49. The molecule has 0 amide bonds. The van der Waals surface area contributed by atoms with Gasteiger partial charge in [0.1, 0.15) is 6.07 Å². The van der Waals surface area contributed by atoms with Crippen LogP contribution in [0.3, 0.4) is 0 Å². The molecule has 1 rings (SSSR count). The quantitative estimate of drug-likeness (QED) is 0.648. The summed E-state index contributed by atoms with van der Waals surface area (Å²) < 4.78 is 1.18. The molecule has 1 aromatic rings. The van der Waals surface area contributed by atoms with Crippen LogP contribution in [0.2, 0.25) is 0 Å². The first-order chi connectivity index (χ1) is 4.24. The molecule has 3 heteroatoms. The predicted octanol–water partition coefficient (Wildman–Crippen LogP) is 2.53. The highest BCUT2D eigenvalue weighted by Crippen LogP contribution is 2.21. The fraction of sp³-hybridized carbons (Fsp3) is 0.167. The molecule has 0 aliphatic carbocycles. The van der Waals surface area contributed by atoms with E-state index in [0.717, 1.165) is 10.4 Å². The molecule has 0 atom stereocenters. The van der Waals surface area contributed by atoms with Gasteiger partial charge in [-0.25, -0.2) is 0 Å². The van der Waals surface area contributed by atoms with Gasteiger partial charge in [0.05, 0.1) is 8.45 Å². The van der Waals surface area contributed by atoms with Crippen molar-refractivity contribution in [2.24, 2.45) is 0 Å². The van der Waals surface area contributed by atoms with Crippen molar-refractivity contribution in [3.05, 3.63) is 19.4 Å². The zero-order chi connectivity index (χ0) is 6.85. The van der Waals surface area contributed by atoms with Crippen LogP contribution in [-0.4, -0.2) is 0 Å². The van der Waals surface area contributed by atoms with Crippen molar-refractivity contribution >= 4 is 33.9 Å². The second kappa shape index (κ2) is 2.67. The van der Waals surface area contributed by atoms with Gasteiger partial charge in [0.25, 0.3) is 0 Å². The van der Waals surface area contributed by atoms with Crippen LogP contribution in [0.1, 0.15) is 10.4 Å². The highest BCUT2D eigenvalue weighted by Gasteiger charge is 1.99. The first-order valence-electron chi connectivity index (χ1n) is 2.40. The molecule has 46 valence electrons. The number of hydrogen-bond donors (Lipinski definition) is 0. The number of aryl methyl sites for hydroxylation is 1. The minimum atomic E-state index is 0.810. The Morgan fingerprint density at radius 3 is 2.67 bits per heavy atom. The lowest BCUT2D eigenvalue weighted by Gasteiger charge is -1.76. The Bertz CT molecular complexity index is 259. The minimum absolute atomic E-state index is 0.810. The third kappa shape index (κ3) is 1.43. The van der Waals surface area contributed by atoms with Crippen molar-refractivity contribution in [3.63, 3.8) is 0 Å². The zero-order valence-electron chi connectivity index (χ0n) is 4.81. The van der Waals surface area contributed by atoms with Crippen molar-refractivity contribution < 1.29 is 0 Å². The van der Waals surface area contributed by atoms with Gasteiger partial charge in [0.2, 0.25) is 0 Å². The number of nitrogens with zero attached hydrogens (tertiary/aromatic N) is 1. The van der Waals surface area contributed by atoms with E-state index in [1.807, 2.05) is 13.0 Å². The van der Waals surface area contributed by atoms with Gasteiger partial charge < -0.3 is 0 Å². The lowest BCUT2D eigenvalue weighted by molar-refractivity contribution is 1.47. The van der Waals surface area contributed by atoms with E-state index >= 15 is 0 Å². The summed E-state index contributed by atoms with van der Waals surface area (Å²) in [5.74, 6) is 0. The van der Waals surface area contributed by atoms with Crippen molar-refractivity contribution in [1.29, 1.82) is 5.26 Å². The Morgan fingerprint density at radius 1 is 1.78 bits per heavy atom. The molecule has 0 aliphatic heterocycles. The lowest BCUT2D eigenvalue weighted by Crippen LogP contribution is -1.66. The van der Waals surface area contributed by atoms with Gasteiger partial charge in [-0.1, -0.05) is 0 Å². The van der Waals surface area contributed by atoms with E-state index in [4.69, 9.17) is 5.26 Å². The lowest BCUT2D eigenvalue weighted by atomic mass is 10.3. The second-order valence-electron chi connectivity index (χ2n) is 1.63. The number of hydrogen-bond acceptors (Lipinski definition) is 2. The smallest absolute Gasteiger partial charge is 0.100 e. The normalized spacial score (nSPS) is 9.00. The average Bonchev–Trinajstić information content (AvgIpc) is 2.10. The van der Waals surface area contributed by atoms with Gasteiger partial charge in [-0.2, -0.15) is 5.26 Å². The molecule has 0 spiro atoms. The maximum absolute atomic E-state index is 8.49. The molecule has 0 saturated heterocycles. The largest absolute Gasteiger partial charge is 0.192 e. The minimum Gasteiger partial charge on any atom is -0.192 e. The van der Waals surface area contributed by atoms with E-state index in [2.05, 4.69) is 28.7 Å². The molecule has 0 bridgehead atoms. The van der Waals surface area contributed by atoms with Gasteiger partial charge in [0, 0.05) is 4.88 Å². The number of nitriles is 1. The standard InChI is InChI=1S/C6H4INS/c1-4-5(3-8)2-6(7)9-4/h2H,1H3. The molecule has 1 heterocycles. The first-order valence-corrected chi connectivity index (χ1v) is 4.29. The Kier molecular flexibility index (Phi) is 2.09. The molecule has 0 N–H and O–H groups in total. The topological polar surface area (TPSA) is 23.8 Å². The molecule has 0 unspecified atom stereocenters. The van der Waals surface area contributed by atoms with Gasteiger partial charge in [-0.3, -0.25) is 0 Å². The van der Waals surface area contributed by atoms with Gasteiger partial charge >= 0.3 is 0 Å².